The fraction of sp³-hybridized carbons (Fsp3) is 0.848. The van der Waals surface area contributed by atoms with E-state index in [1.165, 1.54) is 50.5 Å². The number of hydrogen-bond donors (Lipinski definition) is 2. The fourth-order valence-corrected chi connectivity index (χ4v) is 10.3. The number of fused-ring (bicyclic) bond motifs is 5. The number of carbonyl (C=O) groups excluding carboxylic acids is 1. The number of carbonyl (C=O) groups is 3. The van der Waals surface area contributed by atoms with E-state index in [0.717, 1.165) is 36.5 Å². The summed E-state index contributed by atoms with van der Waals surface area (Å²) >= 11 is 0. The highest BCUT2D eigenvalue weighted by atomic mass is 16.4. The van der Waals surface area contributed by atoms with Crippen molar-refractivity contribution in [2.24, 2.45) is 57.7 Å². The number of Topliss-reactive ketones (excluding diaryl/α,β-unsaturated/α-hetero) is 1. The molecule has 0 aromatic rings. The minimum atomic E-state index is -1.63. The molecule has 9 atom stereocenters. The lowest BCUT2D eigenvalue weighted by molar-refractivity contribution is -0.163. The number of carboxylic acids is 2. The number of carboxylic acid groups (broad SMARTS) is 2. The standard InChI is InChI=1S/C33H52O5/c1-7-33(27(29(35)36)28(34)30(37)38)18-17-31(5)22(19-33)11-12-23-25-14-13-24(21(4)10-8-9-20(2)3)32(25,6)16-15-26(23)31/h11,20-21,23-27H,7-10,12-19H2,1-6H3,(H,35,36)(H,37,38)/t21-,23?,24-,25?,26?,27+,31+,32-,33?/m1/s1. The van der Waals surface area contributed by atoms with Crippen LogP contribution in [0.4, 0.5) is 0 Å². The van der Waals surface area contributed by atoms with E-state index in [2.05, 4.69) is 40.7 Å². The maximum atomic E-state index is 12.6. The first kappa shape index (κ1) is 29.3. The molecule has 38 heavy (non-hydrogen) atoms. The molecule has 0 bridgehead atoms. The highest BCUT2D eigenvalue weighted by Crippen LogP contribution is 2.69. The molecule has 0 radical (unpaired) electrons. The molecule has 2 N–H and O–H groups in total. The molecule has 214 valence electrons. The first-order chi connectivity index (χ1) is 17.8. The molecule has 4 aliphatic rings. The SMILES string of the molecule is CCC1([C@H](C(=O)O)C(=O)C(=O)O)CC[C@@]2(C)C(=CCC3C2CC[C@@]2(C)C3CC[C@@H]2[C@H](C)CCCC(C)C)C1. The highest BCUT2D eigenvalue weighted by Gasteiger charge is 2.61. The van der Waals surface area contributed by atoms with Gasteiger partial charge in [-0.05, 0) is 110 Å². The van der Waals surface area contributed by atoms with Crippen LogP contribution < -0.4 is 0 Å². The Morgan fingerprint density at radius 1 is 0.974 bits per heavy atom. The largest absolute Gasteiger partial charge is 0.481 e. The Bertz CT molecular complexity index is 966. The average molecular weight is 529 g/mol. The zero-order valence-corrected chi connectivity index (χ0v) is 24.7. The molecule has 3 saturated carbocycles. The van der Waals surface area contributed by atoms with Gasteiger partial charge in [-0.25, -0.2) is 4.79 Å². The summed E-state index contributed by atoms with van der Waals surface area (Å²) in [7, 11) is 0. The second kappa shape index (κ2) is 10.7. The van der Waals surface area contributed by atoms with Gasteiger partial charge in [-0.3, -0.25) is 9.59 Å². The Balaban J connectivity index is 1.56. The second-order valence-corrected chi connectivity index (χ2v) is 14.6. The molecule has 0 saturated heterocycles. The lowest BCUT2D eigenvalue weighted by Gasteiger charge is -2.60. The Morgan fingerprint density at radius 2 is 1.68 bits per heavy atom. The molecule has 0 aromatic heterocycles. The van der Waals surface area contributed by atoms with E-state index in [0.29, 0.717) is 36.5 Å². The van der Waals surface area contributed by atoms with Crippen molar-refractivity contribution in [3.8, 4) is 0 Å². The summed E-state index contributed by atoms with van der Waals surface area (Å²) in [5, 5.41) is 19.4. The Kier molecular flexibility index (Phi) is 8.28. The molecular formula is C33H52O5. The third-order valence-electron chi connectivity index (χ3n) is 12.5. The number of hydrogen-bond acceptors (Lipinski definition) is 3. The first-order valence-corrected chi connectivity index (χ1v) is 15.5. The molecule has 0 heterocycles. The van der Waals surface area contributed by atoms with Gasteiger partial charge in [-0.15, -0.1) is 0 Å². The third kappa shape index (κ3) is 4.79. The maximum Gasteiger partial charge on any atom is 0.373 e. The lowest BCUT2D eigenvalue weighted by atomic mass is 9.44. The number of aliphatic carboxylic acids is 2. The summed E-state index contributed by atoms with van der Waals surface area (Å²) < 4.78 is 0. The average Bonchev–Trinajstić information content (AvgIpc) is 3.21. The van der Waals surface area contributed by atoms with Crippen molar-refractivity contribution >= 4 is 17.7 Å². The van der Waals surface area contributed by atoms with Crippen molar-refractivity contribution in [3.63, 3.8) is 0 Å². The van der Waals surface area contributed by atoms with Gasteiger partial charge >= 0.3 is 11.9 Å². The monoisotopic (exact) mass is 528 g/mol. The second-order valence-electron chi connectivity index (χ2n) is 14.6. The molecule has 4 aliphatic carbocycles. The number of allylic oxidation sites excluding steroid dienone is 2. The molecular weight excluding hydrogens is 476 g/mol. The zero-order chi connectivity index (χ0) is 28.0. The van der Waals surface area contributed by atoms with Crippen LogP contribution in [0.5, 0.6) is 0 Å². The van der Waals surface area contributed by atoms with Crippen molar-refractivity contribution in [1.29, 1.82) is 0 Å². The van der Waals surface area contributed by atoms with E-state index in [-0.39, 0.29) is 5.41 Å². The van der Waals surface area contributed by atoms with Gasteiger partial charge in [0.15, 0.2) is 0 Å². The quantitative estimate of drug-likeness (QED) is 0.172. The predicted molar refractivity (Wildman–Crippen MR) is 150 cm³/mol. The minimum absolute atomic E-state index is 0.0270. The van der Waals surface area contributed by atoms with Gasteiger partial charge in [-0.1, -0.05) is 72.5 Å². The van der Waals surface area contributed by atoms with Gasteiger partial charge in [0.05, 0.1) is 0 Å². The lowest BCUT2D eigenvalue weighted by Crippen LogP contribution is -2.53. The van der Waals surface area contributed by atoms with E-state index in [9.17, 15) is 24.6 Å². The molecule has 5 heteroatoms. The molecule has 0 aromatic carbocycles. The summed E-state index contributed by atoms with van der Waals surface area (Å²) in [6.45, 7) is 14.1. The number of ketones is 1. The molecule has 3 fully saturated rings. The van der Waals surface area contributed by atoms with Crippen molar-refractivity contribution in [2.75, 3.05) is 0 Å². The topological polar surface area (TPSA) is 91.7 Å². The fourth-order valence-electron chi connectivity index (χ4n) is 10.3. The zero-order valence-electron chi connectivity index (χ0n) is 24.7. The van der Waals surface area contributed by atoms with Gasteiger partial charge in [0.25, 0.3) is 5.78 Å². The summed E-state index contributed by atoms with van der Waals surface area (Å²) in [4.78, 5) is 36.3. The van der Waals surface area contributed by atoms with Gasteiger partial charge < -0.3 is 10.2 Å². The first-order valence-electron chi connectivity index (χ1n) is 15.5. The summed E-state index contributed by atoms with van der Waals surface area (Å²) in [5.41, 5.74) is 0.937. The van der Waals surface area contributed by atoms with Crippen LogP contribution in [0, 0.1) is 57.7 Å². The van der Waals surface area contributed by atoms with Crippen LogP contribution in [0.25, 0.3) is 0 Å². The molecule has 5 nitrogen and oxygen atoms in total. The van der Waals surface area contributed by atoms with Gasteiger partial charge in [0.1, 0.15) is 5.92 Å². The predicted octanol–water partition coefficient (Wildman–Crippen LogP) is 7.78. The molecule has 4 rings (SSSR count). The molecule has 0 amide bonds. The van der Waals surface area contributed by atoms with Gasteiger partial charge in [0.2, 0.25) is 0 Å². The molecule has 4 unspecified atom stereocenters. The maximum absolute atomic E-state index is 12.6. The van der Waals surface area contributed by atoms with Crippen LogP contribution >= 0.6 is 0 Å². The van der Waals surface area contributed by atoms with Crippen LogP contribution in [0.3, 0.4) is 0 Å². The normalized spacial score (nSPS) is 39.9. The smallest absolute Gasteiger partial charge is 0.373 e. The molecule has 0 aliphatic heterocycles. The van der Waals surface area contributed by atoms with Gasteiger partial charge in [0, 0.05) is 0 Å². The van der Waals surface area contributed by atoms with Crippen molar-refractivity contribution in [2.45, 2.75) is 119 Å². The van der Waals surface area contributed by atoms with Gasteiger partial charge in [-0.2, -0.15) is 0 Å². The van der Waals surface area contributed by atoms with E-state index in [4.69, 9.17) is 0 Å². The summed E-state index contributed by atoms with van der Waals surface area (Å²) in [5.74, 6) is -1.14. The van der Waals surface area contributed by atoms with E-state index in [1.807, 2.05) is 6.92 Å². The molecule has 0 spiro atoms. The Morgan fingerprint density at radius 3 is 2.29 bits per heavy atom. The van der Waals surface area contributed by atoms with E-state index >= 15 is 0 Å². The number of rotatable bonds is 10. The van der Waals surface area contributed by atoms with E-state index in [1.54, 1.807) is 0 Å². The van der Waals surface area contributed by atoms with E-state index < -0.39 is 29.1 Å². The van der Waals surface area contributed by atoms with Crippen molar-refractivity contribution in [1.82, 2.24) is 0 Å². The Hall–Kier alpha value is -1.65. The van der Waals surface area contributed by atoms with Crippen LogP contribution in [-0.2, 0) is 14.4 Å². The third-order valence-corrected chi connectivity index (χ3v) is 12.5. The minimum Gasteiger partial charge on any atom is -0.481 e. The van der Waals surface area contributed by atoms with Crippen molar-refractivity contribution < 1.29 is 24.6 Å². The van der Waals surface area contributed by atoms with Crippen molar-refractivity contribution in [3.05, 3.63) is 11.6 Å². The van der Waals surface area contributed by atoms with Crippen LogP contribution in [0.1, 0.15) is 119 Å². The Labute approximate surface area is 230 Å². The van der Waals surface area contributed by atoms with Crippen LogP contribution in [0.15, 0.2) is 11.6 Å². The highest BCUT2D eigenvalue weighted by molar-refractivity contribution is 6.37. The summed E-state index contributed by atoms with van der Waals surface area (Å²) in [6.07, 6.45) is 15.2. The van der Waals surface area contributed by atoms with Crippen LogP contribution in [-0.4, -0.2) is 27.9 Å². The van der Waals surface area contributed by atoms with Crippen LogP contribution in [0.2, 0.25) is 0 Å². The summed E-state index contributed by atoms with van der Waals surface area (Å²) in [6, 6.07) is 0.